The molecule has 1 heterocycles. The summed E-state index contributed by atoms with van der Waals surface area (Å²) in [6.45, 7) is 2.03. The number of imide groups is 1. The van der Waals surface area contributed by atoms with Crippen LogP contribution in [0.5, 0.6) is 0 Å². The summed E-state index contributed by atoms with van der Waals surface area (Å²) in [6.07, 6.45) is 3.50. The number of amides is 2. The Morgan fingerprint density at radius 2 is 1.74 bits per heavy atom. The first-order valence-corrected chi connectivity index (χ1v) is 7.45. The maximum Gasteiger partial charge on any atom is 0.238 e. The minimum Gasteiger partial charge on any atom is -0.274 e. The van der Waals surface area contributed by atoms with Crippen molar-refractivity contribution in [2.24, 2.45) is 11.8 Å². The lowest BCUT2D eigenvalue weighted by Crippen LogP contribution is -2.30. The van der Waals surface area contributed by atoms with Crippen LogP contribution in [0.15, 0.2) is 35.9 Å². The molecule has 19 heavy (non-hydrogen) atoms. The number of nitrogens with zero attached hydrogens (tertiary/aromatic N) is 1. The maximum atomic E-state index is 12.5. The van der Waals surface area contributed by atoms with Crippen molar-refractivity contribution >= 4 is 40.1 Å². The molecule has 1 saturated heterocycles. The predicted molar refractivity (Wildman–Crippen MR) is 81.6 cm³/mol. The summed E-state index contributed by atoms with van der Waals surface area (Å²) >= 11 is 2.21. The van der Waals surface area contributed by atoms with Gasteiger partial charge in [-0.3, -0.25) is 14.5 Å². The summed E-state index contributed by atoms with van der Waals surface area (Å²) in [4.78, 5) is 26.2. The number of rotatable bonds is 1. The van der Waals surface area contributed by atoms with E-state index in [2.05, 4.69) is 28.7 Å². The summed E-state index contributed by atoms with van der Waals surface area (Å²) in [6, 6.07) is 7.52. The van der Waals surface area contributed by atoms with Gasteiger partial charge in [0.2, 0.25) is 11.8 Å². The Morgan fingerprint density at radius 1 is 1.11 bits per heavy atom. The summed E-state index contributed by atoms with van der Waals surface area (Å²) in [5.74, 6) is -0.393. The van der Waals surface area contributed by atoms with Gasteiger partial charge >= 0.3 is 0 Å². The van der Waals surface area contributed by atoms with Crippen LogP contribution in [0.25, 0.3) is 0 Å². The van der Waals surface area contributed by atoms with Gasteiger partial charge in [0.1, 0.15) is 0 Å². The zero-order chi connectivity index (χ0) is 13.6. The Hall–Kier alpha value is -1.17. The van der Waals surface area contributed by atoms with Crippen LogP contribution in [0.1, 0.15) is 19.8 Å². The fraction of sp³-hybridized carbons (Fsp3) is 0.333. The molecule has 0 N–H and O–H groups in total. The molecule has 3 nitrogen and oxygen atoms in total. The minimum atomic E-state index is -0.157. The molecule has 0 radical (unpaired) electrons. The predicted octanol–water partition coefficient (Wildman–Crippen LogP) is 3.14. The number of allylic oxidation sites excluding steroid dienone is 2. The smallest absolute Gasteiger partial charge is 0.238 e. The molecule has 0 aromatic heterocycles. The second-order valence-electron chi connectivity index (χ2n) is 5.19. The molecule has 1 fully saturated rings. The second kappa shape index (κ2) is 4.74. The fourth-order valence-electron chi connectivity index (χ4n) is 2.88. The van der Waals surface area contributed by atoms with Crippen molar-refractivity contribution in [2.75, 3.05) is 4.90 Å². The van der Waals surface area contributed by atoms with Gasteiger partial charge in [-0.15, -0.1) is 0 Å². The summed E-state index contributed by atoms with van der Waals surface area (Å²) in [5.41, 5.74) is 1.91. The lowest BCUT2D eigenvalue weighted by molar-refractivity contribution is -0.122. The van der Waals surface area contributed by atoms with E-state index in [1.807, 2.05) is 31.2 Å². The SMILES string of the molecule is CC1=CC[C@@H]2C(=O)N(c3ccc(I)cc3)C(=O)[C@H]2C1. The monoisotopic (exact) mass is 367 g/mol. The van der Waals surface area contributed by atoms with Gasteiger partial charge in [-0.25, -0.2) is 0 Å². The average Bonchev–Trinajstić information content (AvgIpc) is 2.63. The highest BCUT2D eigenvalue weighted by Crippen LogP contribution is 2.39. The van der Waals surface area contributed by atoms with Gasteiger partial charge < -0.3 is 0 Å². The van der Waals surface area contributed by atoms with Gasteiger partial charge in [0.25, 0.3) is 0 Å². The van der Waals surface area contributed by atoms with E-state index >= 15 is 0 Å². The normalized spacial score (nSPS) is 26.4. The molecular formula is C15H14INO2. The molecule has 3 rings (SSSR count). The molecule has 0 unspecified atom stereocenters. The van der Waals surface area contributed by atoms with Gasteiger partial charge in [0.05, 0.1) is 17.5 Å². The Kier molecular flexibility index (Phi) is 3.20. The molecule has 2 aliphatic rings. The molecule has 0 spiro atoms. The van der Waals surface area contributed by atoms with E-state index in [0.29, 0.717) is 12.1 Å². The van der Waals surface area contributed by atoms with E-state index in [-0.39, 0.29) is 23.7 Å². The van der Waals surface area contributed by atoms with Crippen LogP contribution in [0.2, 0.25) is 0 Å². The third kappa shape index (κ3) is 2.12. The Balaban J connectivity index is 1.95. The number of carbonyl (C=O) groups is 2. The van der Waals surface area contributed by atoms with Crippen molar-refractivity contribution in [3.05, 3.63) is 39.5 Å². The Morgan fingerprint density at radius 3 is 2.42 bits per heavy atom. The molecule has 1 aliphatic heterocycles. The largest absolute Gasteiger partial charge is 0.274 e. The highest BCUT2D eigenvalue weighted by atomic mass is 127. The topological polar surface area (TPSA) is 37.4 Å². The van der Waals surface area contributed by atoms with Crippen LogP contribution in [0.3, 0.4) is 0 Å². The zero-order valence-electron chi connectivity index (χ0n) is 10.6. The summed E-state index contributed by atoms with van der Waals surface area (Å²) in [5, 5.41) is 0. The number of carbonyl (C=O) groups excluding carboxylic acids is 2. The minimum absolute atomic E-state index is 0.0383. The Bertz CT molecular complexity index is 576. The molecule has 1 aromatic carbocycles. The van der Waals surface area contributed by atoms with E-state index < -0.39 is 0 Å². The van der Waals surface area contributed by atoms with Crippen molar-refractivity contribution in [3.8, 4) is 0 Å². The maximum absolute atomic E-state index is 12.5. The average molecular weight is 367 g/mol. The first-order chi connectivity index (χ1) is 9.08. The number of benzene rings is 1. The number of halogens is 1. The molecule has 0 saturated carbocycles. The first kappa shape index (κ1) is 12.8. The van der Waals surface area contributed by atoms with Crippen LogP contribution in [-0.2, 0) is 9.59 Å². The van der Waals surface area contributed by atoms with E-state index in [9.17, 15) is 9.59 Å². The molecule has 2 atom stereocenters. The lowest BCUT2D eigenvalue weighted by Gasteiger charge is -2.18. The summed E-state index contributed by atoms with van der Waals surface area (Å²) < 4.78 is 1.09. The van der Waals surface area contributed by atoms with Gasteiger partial charge in [-0.2, -0.15) is 0 Å². The number of hydrogen-bond acceptors (Lipinski definition) is 2. The third-order valence-electron chi connectivity index (χ3n) is 3.91. The van der Waals surface area contributed by atoms with Gasteiger partial charge in [-0.05, 0) is 66.6 Å². The zero-order valence-corrected chi connectivity index (χ0v) is 12.8. The highest BCUT2D eigenvalue weighted by molar-refractivity contribution is 14.1. The number of fused-ring (bicyclic) bond motifs is 1. The van der Waals surface area contributed by atoms with E-state index in [4.69, 9.17) is 0 Å². The molecular weight excluding hydrogens is 353 g/mol. The molecule has 4 heteroatoms. The van der Waals surface area contributed by atoms with Crippen LogP contribution in [0, 0.1) is 15.4 Å². The van der Waals surface area contributed by atoms with Crippen LogP contribution < -0.4 is 4.90 Å². The highest BCUT2D eigenvalue weighted by Gasteiger charge is 2.48. The Labute approximate surface area is 125 Å². The molecule has 1 aliphatic carbocycles. The number of hydrogen-bond donors (Lipinski definition) is 0. The quantitative estimate of drug-likeness (QED) is 0.435. The van der Waals surface area contributed by atoms with Crippen molar-refractivity contribution in [3.63, 3.8) is 0 Å². The van der Waals surface area contributed by atoms with Crippen molar-refractivity contribution in [1.29, 1.82) is 0 Å². The van der Waals surface area contributed by atoms with Gasteiger partial charge in [0, 0.05) is 3.57 Å². The van der Waals surface area contributed by atoms with Crippen LogP contribution in [-0.4, -0.2) is 11.8 Å². The van der Waals surface area contributed by atoms with Crippen molar-refractivity contribution in [1.82, 2.24) is 0 Å². The van der Waals surface area contributed by atoms with Crippen molar-refractivity contribution in [2.45, 2.75) is 19.8 Å². The molecule has 2 amide bonds. The van der Waals surface area contributed by atoms with E-state index in [0.717, 1.165) is 9.99 Å². The summed E-state index contributed by atoms with van der Waals surface area (Å²) in [7, 11) is 0. The van der Waals surface area contributed by atoms with E-state index in [1.54, 1.807) is 0 Å². The first-order valence-electron chi connectivity index (χ1n) is 6.37. The standard InChI is InChI=1S/C15H14INO2/c1-9-2-7-12-13(8-9)15(19)17(14(12)18)11-5-3-10(16)4-6-11/h2-6,12-13H,7-8H2,1H3/t12-,13-/m0/s1. The molecule has 1 aromatic rings. The van der Waals surface area contributed by atoms with Crippen LogP contribution in [0.4, 0.5) is 5.69 Å². The molecule has 98 valence electrons. The van der Waals surface area contributed by atoms with Gasteiger partial charge in [0.15, 0.2) is 0 Å². The van der Waals surface area contributed by atoms with Crippen molar-refractivity contribution < 1.29 is 9.59 Å². The lowest BCUT2D eigenvalue weighted by atomic mass is 9.82. The fourth-order valence-corrected chi connectivity index (χ4v) is 3.24. The molecule has 0 bridgehead atoms. The van der Waals surface area contributed by atoms with E-state index in [1.165, 1.54) is 10.5 Å². The van der Waals surface area contributed by atoms with Gasteiger partial charge in [-0.1, -0.05) is 11.6 Å². The van der Waals surface area contributed by atoms with Crippen LogP contribution >= 0.6 is 22.6 Å². The second-order valence-corrected chi connectivity index (χ2v) is 6.44. The number of anilines is 1. The third-order valence-corrected chi connectivity index (χ3v) is 4.63.